The highest BCUT2D eigenvalue weighted by Gasteiger charge is 2.31. The van der Waals surface area contributed by atoms with Crippen LogP contribution in [0.2, 0.25) is 0 Å². The first kappa shape index (κ1) is 30.6. The Morgan fingerprint density at radius 1 is 1.17 bits per heavy atom. The largest absolute Gasteiger partial charge is 0.492 e. The molecule has 0 aromatic carbocycles. The fraction of sp³-hybridized carbons (Fsp3) is 0.481. The van der Waals surface area contributed by atoms with Gasteiger partial charge in [0.25, 0.3) is 5.91 Å². The average Bonchev–Trinajstić information content (AvgIpc) is 2.79. The Morgan fingerprint density at radius 3 is 2.42 bits per heavy atom. The summed E-state index contributed by atoms with van der Waals surface area (Å²) in [6.07, 6.45) is 10.2. The van der Waals surface area contributed by atoms with Gasteiger partial charge >= 0.3 is 6.09 Å². The van der Waals surface area contributed by atoms with Crippen molar-refractivity contribution in [3.8, 4) is 0 Å². The van der Waals surface area contributed by atoms with Crippen LogP contribution in [0.3, 0.4) is 0 Å². The molecule has 2 rings (SSSR count). The van der Waals surface area contributed by atoms with Crippen molar-refractivity contribution >= 4 is 23.6 Å². The summed E-state index contributed by atoms with van der Waals surface area (Å²) in [7, 11) is 1.36. The number of hydrogen-bond donors (Lipinski definition) is 4. The summed E-state index contributed by atoms with van der Waals surface area (Å²) in [4.78, 5) is 46.9. The lowest BCUT2D eigenvalue weighted by Gasteiger charge is -2.22. The number of methoxy groups -OCH3 is 1. The Bertz CT molecular complexity index is 998. The van der Waals surface area contributed by atoms with E-state index >= 15 is 0 Å². The standard InChI is InChI=1S/C26H35NO5.CH3NO2/c1-16-9-7-6-8-10-18(3)26(31)27-21-15-23(29)25(32-5)20(24(21)30)14-17(2)11-12-22(28)19(4)13-16;2-1(3)4/h6,8,10,13,15,17,19,22,28H,7,9,11-12,14H2,1-5H3,(H,27,31);2H2,(H,3,4)/b8-6-,16-13+,18-10+;. The predicted octanol–water partition coefficient (Wildman–Crippen LogP) is 3.71. The Labute approximate surface area is 212 Å². The number of ketones is 2. The van der Waals surface area contributed by atoms with Crippen molar-refractivity contribution in [1.82, 2.24) is 5.32 Å². The minimum atomic E-state index is -1.33. The van der Waals surface area contributed by atoms with Crippen molar-refractivity contribution in [2.45, 2.75) is 65.9 Å². The average molecular weight is 503 g/mol. The highest BCUT2D eigenvalue weighted by molar-refractivity contribution is 6.23. The fourth-order valence-electron chi connectivity index (χ4n) is 3.91. The number of fused-ring (bicyclic) bond motifs is 2. The Kier molecular flexibility index (Phi) is 12.6. The van der Waals surface area contributed by atoms with E-state index in [0.717, 1.165) is 18.9 Å². The van der Waals surface area contributed by atoms with Crippen LogP contribution in [0.25, 0.3) is 0 Å². The van der Waals surface area contributed by atoms with Gasteiger partial charge in [-0.2, -0.15) is 0 Å². The number of ether oxygens (including phenoxy) is 1. The maximum absolute atomic E-state index is 13.1. The molecular weight excluding hydrogens is 464 g/mol. The third kappa shape index (κ3) is 10.0. The summed E-state index contributed by atoms with van der Waals surface area (Å²) >= 11 is 0. The lowest BCUT2D eigenvalue weighted by Crippen LogP contribution is -2.33. The van der Waals surface area contributed by atoms with Gasteiger partial charge in [-0.1, -0.05) is 43.7 Å². The molecule has 3 unspecified atom stereocenters. The van der Waals surface area contributed by atoms with E-state index in [1.807, 2.05) is 26.0 Å². The van der Waals surface area contributed by atoms with Crippen molar-refractivity contribution in [3.05, 3.63) is 58.6 Å². The number of hydrogen-bond acceptors (Lipinski definition) is 6. The molecule has 0 aromatic rings. The number of carbonyl (C=O) groups excluding carboxylic acids is 3. The van der Waals surface area contributed by atoms with Crippen LogP contribution in [0.5, 0.6) is 0 Å². The highest BCUT2D eigenvalue weighted by Crippen LogP contribution is 2.28. The zero-order valence-corrected chi connectivity index (χ0v) is 21.7. The van der Waals surface area contributed by atoms with Gasteiger partial charge in [-0.3, -0.25) is 14.4 Å². The van der Waals surface area contributed by atoms with Gasteiger partial charge in [0.1, 0.15) is 0 Å². The molecule has 198 valence electrons. The first-order valence-corrected chi connectivity index (χ1v) is 11.9. The molecule has 9 heteroatoms. The molecule has 0 aromatic heterocycles. The number of carbonyl (C=O) groups is 4. The van der Waals surface area contributed by atoms with Gasteiger partial charge < -0.3 is 26.0 Å². The van der Waals surface area contributed by atoms with Crippen LogP contribution in [-0.4, -0.2) is 47.0 Å². The first-order valence-electron chi connectivity index (χ1n) is 11.9. The first-order chi connectivity index (χ1) is 16.9. The molecule has 36 heavy (non-hydrogen) atoms. The van der Waals surface area contributed by atoms with E-state index in [4.69, 9.17) is 14.6 Å². The van der Waals surface area contributed by atoms with Crippen LogP contribution < -0.4 is 11.1 Å². The van der Waals surface area contributed by atoms with E-state index < -0.39 is 29.7 Å². The molecule has 5 N–H and O–H groups in total. The number of nitrogens with one attached hydrogen (secondary N) is 1. The summed E-state index contributed by atoms with van der Waals surface area (Å²) in [5.74, 6) is -1.18. The molecule has 1 aliphatic heterocycles. The van der Waals surface area contributed by atoms with Crippen molar-refractivity contribution in [2.24, 2.45) is 17.6 Å². The number of Topliss-reactive ketones (excluding diaryl/α,β-unsaturated/α-hetero) is 1. The van der Waals surface area contributed by atoms with Crippen molar-refractivity contribution < 1.29 is 34.1 Å². The van der Waals surface area contributed by atoms with E-state index in [9.17, 15) is 19.5 Å². The molecule has 1 heterocycles. The summed E-state index contributed by atoms with van der Waals surface area (Å²) in [5, 5.41) is 20.4. The summed E-state index contributed by atoms with van der Waals surface area (Å²) in [6.45, 7) is 7.71. The van der Waals surface area contributed by atoms with Gasteiger partial charge in [-0.15, -0.1) is 0 Å². The van der Waals surface area contributed by atoms with Crippen molar-refractivity contribution in [1.29, 1.82) is 0 Å². The second-order valence-corrected chi connectivity index (χ2v) is 9.20. The van der Waals surface area contributed by atoms with Crippen LogP contribution in [0.1, 0.15) is 59.8 Å². The summed E-state index contributed by atoms with van der Waals surface area (Å²) in [5.41, 5.74) is 5.90. The van der Waals surface area contributed by atoms with E-state index in [1.54, 1.807) is 13.0 Å². The van der Waals surface area contributed by atoms with Crippen LogP contribution in [0, 0.1) is 11.8 Å². The number of carboxylic acid groups (broad SMARTS) is 1. The molecule has 0 saturated heterocycles. The van der Waals surface area contributed by atoms with E-state index in [2.05, 4.69) is 24.1 Å². The molecule has 2 bridgehead atoms. The molecular formula is C27H38N2O7. The number of amides is 2. The second-order valence-electron chi connectivity index (χ2n) is 9.20. The third-order valence-corrected chi connectivity index (χ3v) is 5.95. The molecule has 1 aliphatic carbocycles. The van der Waals surface area contributed by atoms with Gasteiger partial charge in [0, 0.05) is 23.1 Å². The molecule has 2 amide bonds. The van der Waals surface area contributed by atoms with Gasteiger partial charge in [0.05, 0.1) is 18.9 Å². The SMILES string of the molecule is COC1=C2CC(C)CCC(O)C(C)/C=C(\C)CC/C=C\C=C(/C)C(=O)NC(=CC1=O)C2=O.NC(=O)O. The summed E-state index contributed by atoms with van der Waals surface area (Å²) in [6, 6.07) is 0. The number of rotatable bonds is 1. The van der Waals surface area contributed by atoms with E-state index in [1.165, 1.54) is 12.7 Å². The van der Waals surface area contributed by atoms with Crippen LogP contribution >= 0.6 is 0 Å². The van der Waals surface area contributed by atoms with Crippen LogP contribution in [0.4, 0.5) is 4.79 Å². The van der Waals surface area contributed by atoms with Crippen molar-refractivity contribution in [3.63, 3.8) is 0 Å². The van der Waals surface area contributed by atoms with Gasteiger partial charge in [0.2, 0.25) is 11.6 Å². The maximum Gasteiger partial charge on any atom is 0.402 e. The Hall–Kier alpha value is -3.46. The quantitative estimate of drug-likeness (QED) is 0.314. The minimum Gasteiger partial charge on any atom is -0.492 e. The van der Waals surface area contributed by atoms with E-state index in [0.29, 0.717) is 24.8 Å². The van der Waals surface area contributed by atoms with E-state index in [-0.39, 0.29) is 28.9 Å². The molecule has 9 nitrogen and oxygen atoms in total. The zero-order chi connectivity index (χ0) is 27.4. The topological polar surface area (TPSA) is 156 Å². The highest BCUT2D eigenvalue weighted by atomic mass is 16.5. The fourth-order valence-corrected chi connectivity index (χ4v) is 3.91. The lowest BCUT2D eigenvalue weighted by molar-refractivity contribution is -0.120. The second kappa shape index (κ2) is 14.8. The number of nitrogens with two attached hydrogens (primary N) is 1. The lowest BCUT2D eigenvalue weighted by atomic mass is 9.87. The monoisotopic (exact) mass is 502 g/mol. The van der Waals surface area contributed by atoms with Gasteiger partial charge in [0.15, 0.2) is 5.76 Å². The number of primary amides is 1. The van der Waals surface area contributed by atoms with Crippen LogP contribution in [-0.2, 0) is 19.1 Å². The van der Waals surface area contributed by atoms with Crippen molar-refractivity contribution in [2.75, 3.05) is 7.11 Å². The molecule has 0 saturated carbocycles. The summed E-state index contributed by atoms with van der Waals surface area (Å²) < 4.78 is 5.23. The van der Waals surface area contributed by atoms with Crippen LogP contribution in [0.15, 0.2) is 58.6 Å². The predicted molar refractivity (Wildman–Crippen MR) is 137 cm³/mol. The molecule has 0 spiro atoms. The molecule has 3 atom stereocenters. The molecule has 0 fully saturated rings. The Morgan fingerprint density at radius 2 is 1.81 bits per heavy atom. The number of aliphatic hydroxyl groups is 1. The Balaban J connectivity index is 0.00000150. The maximum atomic E-state index is 13.1. The minimum absolute atomic E-state index is 0.0217. The smallest absolute Gasteiger partial charge is 0.402 e. The number of allylic oxidation sites excluding steroid dienone is 6. The van der Waals surface area contributed by atoms with Gasteiger partial charge in [-0.05, 0) is 51.9 Å². The normalized spacial score (nSPS) is 28.3. The molecule has 2 aliphatic rings. The molecule has 0 radical (unpaired) electrons. The number of aliphatic hydroxyl groups excluding tert-OH is 1. The third-order valence-electron chi connectivity index (χ3n) is 5.95. The zero-order valence-electron chi connectivity index (χ0n) is 21.7. The van der Waals surface area contributed by atoms with Gasteiger partial charge in [-0.25, -0.2) is 4.79 Å².